The molecule has 3 atom stereocenters. The van der Waals surface area contributed by atoms with Crippen LogP contribution in [0.25, 0.3) is 0 Å². The van der Waals surface area contributed by atoms with Gasteiger partial charge in [-0.3, -0.25) is 0 Å². The first-order valence-electron chi connectivity index (χ1n) is 5.70. The number of nitrogens with zero attached hydrogens (tertiary/aromatic N) is 1. The van der Waals surface area contributed by atoms with Crippen LogP contribution in [0.4, 0.5) is 0 Å². The van der Waals surface area contributed by atoms with Crippen molar-refractivity contribution in [2.24, 2.45) is 5.92 Å². The van der Waals surface area contributed by atoms with Gasteiger partial charge in [-0.1, -0.05) is 19.3 Å². The first-order chi connectivity index (χ1) is 7.27. The second-order valence-electron chi connectivity index (χ2n) is 4.22. The summed E-state index contributed by atoms with van der Waals surface area (Å²) in [4.78, 5) is 0. The Morgan fingerprint density at radius 3 is 2.73 bits per heavy atom. The van der Waals surface area contributed by atoms with Gasteiger partial charge in [-0.25, -0.2) is 0 Å². The third kappa shape index (κ3) is 4.17. The lowest BCUT2D eigenvalue weighted by atomic mass is 9.96. The van der Waals surface area contributed by atoms with Crippen molar-refractivity contribution in [1.82, 2.24) is 5.32 Å². The van der Waals surface area contributed by atoms with Crippen molar-refractivity contribution in [3.8, 4) is 6.07 Å². The van der Waals surface area contributed by atoms with E-state index in [0.717, 1.165) is 25.7 Å². The molecule has 1 rings (SSSR count). The van der Waals surface area contributed by atoms with Crippen LogP contribution in [0.1, 0.15) is 32.1 Å². The Morgan fingerprint density at radius 1 is 1.33 bits per heavy atom. The SMILES string of the molecule is N#CC1CCCCCC1NCC(O)CO. The molecular weight excluding hydrogens is 192 g/mol. The van der Waals surface area contributed by atoms with Crippen LogP contribution >= 0.6 is 0 Å². The Kier molecular flexibility index (Phi) is 5.62. The molecule has 1 fully saturated rings. The van der Waals surface area contributed by atoms with E-state index in [2.05, 4.69) is 11.4 Å². The van der Waals surface area contributed by atoms with Crippen LogP contribution in [-0.4, -0.2) is 35.5 Å². The van der Waals surface area contributed by atoms with E-state index < -0.39 is 6.10 Å². The van der Waals surface area contributed by atoms with E-state index in [1.165, 1.54) is 6.42 Å². The maximum atomic E-state index is 9.22. The van der Waals surface area contributed by atoms with E-state index in [-0.39, 0.29) is 18.6 Å². The van der Waals surface area contributed by atoms with Crippen LogP contribution in [0, 0.1) is 17.2 Å². The molecule has 1 saturated carbocycles. The Morgan fingerprint density at radius 2 is 2.07 bits per heavy atom. The summed E-state index contributed by atoms with van der Waals surface area (Å²) in [6.07, 6.45) is 4.69. The third-order valence-electron chi connectivity index (χ3n) is 3.01. The van der Waals surface area contributed by atoms with E-state index in [1.807, 2.05) is 0 Å². The topological polar surface area (TPSA) is 76.3 Å². The van der Waals surface area contributed by atoms with Gasteiger partial charge < -0.3 is 15.5 Å². The molecule has 4 nitrogen and oxygen atoms in total. The van der Waals surface area contributed by atoms with E-state index in [4.69, 9.17) is 10.4 Å². The van der Waals surface area contributed by atoms with Crippen molar-refractivity contribution in [3.63, 3.8) is 0 Å². The number of aliphatic hydroxyl groups excluding tert-OH is 2. The fourth-order valence-electron chi connectivity index (χ4n) is 2.06. The van der Waals surface area contributed by atoms with Gasteiger partial charge in [0.15, 0.2) is 0 Å². The molecule has 3 N–H and O–H groups in total. The highest BCUT2D eigenvalue weighted by Crippen LogP contribution is 2.22. The molecule has 0 saturated heterocycles. The molecule has 0 radical (unpaired) electrons. The first-order valence-corrected chi connectivity index (χ1v) is 5.70. The minimum Gasteiger partial charge on any atom is -0.394 e. The fourth-order valence-corrected chi connectivity index (χ4v) is 2.06. The number of nitriles is 1. The number of hydrogen-bond acceptors (Lipinski definition) is 4. The molecule has 4 heteroatoms. The molecule has 0 aromatic rings. The highest BCUT2D eigenvalue weighted by Gasteiger charge is 2.23. The van der Waals surface area contributed by atoms with Crippen LogP contribution in [0.15, 0.2) is 0 Å². The van der Waals surface area contributed by atoms with Gasteiger partial charge in [-0.15, -0.1) is 0 Å². The summed E-state index contributed by atoms with van der Waals surface area (Å²) in [5.74, 6) is 0.0541. The van der Waals surface area contributed by atoms with E-state index in [9.17, 15) is 5.11 Å². The van der Waals surface area contributed by atoms with E-state index in [1.54, 1.807) is 0 Å². The average Bonchev–Trinajstić information content (AvgIpc) is 2.50. The van der Waals surface area contributed by atoms with Crippen LogP contribution in [0.2, 0.25) is 0 Å². The van der Waals surface area contributed by atoms with Crippen LogP contribution in [0.5, 0.6) is 0 Å². The third-order valence-corrected chi connectivity index (χ3v) is 3.01. The van der Waals surface area contributed by atoms with Crippen LogP contribution in [0.3, 0.4) is 0 Å². The Bertz CT molecular complexity index is 215. The molecule has 0 aromatic heterocycles. The Labute approximate surface area is 90.9 Å². The zero-order valence-electron chi connectivity index (χ0n) is 9.02. The first kappa shape index (κ1) is 12.4. The molecular formula is C11H20N2O2. The monoisotopic (exact) mass is 212 g/mol. The zero-order valence-corrected chi connectivity index (χ0v) is 9.02. The smallest absolute Gasteiger partial charge is 0.0895 e. The second kappa shape index (κ2) is 6.78. The summed E-state index contributed by atoms with van der Waals surface area (Å²) in [5.41, 5.74) is 0. The van der Waals surface area contributed by atoms with Gasteiger partial charge in [0.05, 0.1) is 24.7 Å². The molecule has 86 valence electrons. The molecule has 0 amide bonds. The molecule has 0 heterocycles. The maximum Gasteiger partial charge on any atom is 0.0895 e. The number of hydrogen-bond donors (Lipinski definition) is 3. The number of nitrogens with one attached hydrogen (secondary N) is 1. The summed E-state index contributed by atoms with van der Waals surface area (Å²) < 4.78 is 0. The number of aliphatic hydroxyl groups is 2. The molecule has 1 aliphatic carbocycles. The minimum atomic E-state index is -0.715. The van der Waals surface area contributed by atoms with Crippen molar-refractivity contribution >= 4 is 0 Å². The van der Waals surface area contributed by atoms with Gasteiger partial charge in [0.25, 0.3) is 0 Å². The van der Waals surface area contributed by atoms with Crippen LogP contribution < -0.4 is 5.32 Å². The summed E-state index contributed by atoms with van der Waals surface area (Å²) in [5, 5.41) is 30.1. The lowest BCUT2D eigenvalue weighted by Gasteiger charge is -2.22. The summed E-state index contributed by atoms with van der Waals surface area (Å²) in [6, 6.07) is 2.51. The molecule has 3 unspecified atom stereocenters. The lowest BCUT2D eigenvalue weighted by Crippen LogP contribution is -2.40. The van der Waals surface area contributed by atoms with Gasteiger partial charge in [0, 0.05) is 12.6 Å². The maximum absolute atomic E-state index is 9.22. The van der Waals surface area contributed by atoms with Gasteiger partial charge in [0.2, 0.25) is 0 Å². The van der Waals surface area contributed by atoms with Gasteiger partial charge in [0.1, 0.15) is 0 Å². The predicted octanol–water partition coefficient (Wildman–Crippen LogP) is 0.402. The van der Waals surface area contributed by atoms with Crippen LogP contribution in [-0.2, 0) is 0 Å². The average molecular weight is 212 g/mol. The van der Waals surface area contributed by atoms with E-state index >= 15 is 0 Å². The Balaban J connectivity index is 2.38. The fraction of sp³-hybridized carbons (Fsp3) is 0.909. The standard InChI is InChI=1S/C11H20N2O2/c12-6-9-4-2-1-3-5-11(9)13-7-10(15)8-14/h9-11,13-15H,1-5,7-8H2. The molecule has 1 aliphatic rings. The Hall–Kier alpha value is -0.630. The van der Waals surface area contributed by atoms with Gasteiger partial charge >= 0.3 is 0 Å². The minimum absolute atomic E-state index is 0.0541. The van der Waals surface area contributed by atoms with Crippen molar-refractivity contribution in [2.45, 2.75) is 44.2 Å². The molecule has 0 aromatic carbocycles. The quantitative estimate of drug-likeness (QED) is 0.590. The highest BCUT2D eigenvalue weighted by atomic mass is 16.3. The van der Waals surface area contributed by atoms with Crippen molar-refractivity contribution in [2.75, 3.05) is 13.2 Å². The van der Waals surface area contributed by atoms with Gasteiger partial charge in [-0.05, 0) is 12.8 Å². The summed E-state index contributed by atoms with van der Waals surface area (Å²) in [7, 11) is 0. The largest absolute Gasteiger partial charge is 0.394 e. The molecule has 0 bridgehead atoms. The van der Waals surface area contributed by atoms with Crippen molar-refractivity contribution in [3.05, 3.63) is 0 Å². The van der Waals surface area contributed by atoms with Crippen molar-refractivity contribution in [1.29, 1.82) is 5.26 Å². The summed E-state index contributed by atoms with van der Waals surface area (Å²) in [6.45, 7) is 0.149. The normalized spacial score (nSPS) is 29.1. The van der Waals surface area contributed by atoms with Crippen molar-refractivity contribution < 1.29 is 10.2 Å². The highest BCUT2D eigenvalue weighted by molar-refractivity contribution is 4.93. The zero-order chi connectivity index (χ0) is 11.1. The number of rotatable bonds is 4. The van der Waals surface area contributed by atoms with E-state index in [0.29, 0.717) is 6.54 Å². The second-order valence-corrected chi connectivity index (χ2v) is 4.22. The summed E-state index contributed by atoms with van der Waals surface area (Å²) >= 11 is 0. The molecule has 15 heavy (non-hydrogen) atoms. The molecule has 0 aliphatic heterocycles. The molecule has 0 spiro atoms. The van der Waals surface area contributed by atoms with Gasteiger partial charge in [-0.2, -0.15) is 5.26 Å². The predicted molar refractivity (Wildman–Crippen MR) is 57.1 cm³/mol. The lowest BCUT2D eigenvalue weighted by molar-refractivity contribution is 0.0901.